The van der Waals surface area contributed by atoms with E-state index in [-0.39, 0.29) is 18.0 Å². The summed E-state index contributed by atoms with van der Waals surface area (Å²) in [5.41, 5.74) is 0. The summed E-state index contributed by atoms with van der Waals surface area (Å²) < 4.78 is 11.8. The molecule has 0 bridgehead atoms. The Labute approximate surface area is 376 Å². The summed E-state index contributed by atoms with van der Waals surface area (Å²) in [4.78, 5) is 27.8. The summed E-state index contributed by atoms with van der Waals surface area (Å²) in [6, 6.07) is 0. The number of carbonyl (C=O) groups excluding carboxylic acids is 2. The van der Waals surface area contributed by atoms with Crippen LogP contribution in [-0.4, -0.2) is 49.2 Å². The molecule has 356 valence electrons. The Bertz CT molecular complexity index is 883. The van der Waals surface area contributed by atoms with Crippen LogP contribution < -0.4 is 0 Å². The van der Waals surface area contributed by atoms with E-state index in [1.165, 1.54) is 225 Å². The van der Waals surface area contributed by atoms with E-state index in [0.29, 0.717) is 19.4 Å². The van der Waals surface area contributed by atoms with E-state index in [1.807, 2.05) is 0 Å². The molecule has 1 aliphatic heterocycles. The van der Waals surface area contributed by atoms with Crippen molar-refractivity contribution in [3.05, 3.63) is 0 Å². The molecular weight excluding hydrogens is 739 g/mol. The lowest BCUT2D eigenvalue weighted by Gasteiger charge is -2.26. The number of hydrogen-bond acceptors (Lipinski definition) is 5. The van der Waals surface area contributed by atoms with Gasteiger partial charge in [-0.2, -0.15) is 0 Å². The highest BCUT2D eigenvalue weighted by molar-refractivity contribution is 5.69. The minimum absolute atomic E-state index is 0.00280. The van der Waals surface area contributed by atoms with Crippen molar-refractivity contribution in [2.45, 2.75) is 303 Å². The van der Waals surface area contributed by atoms with Crippen LogP contribution in [0, 0.1) is 11.8 Å². The quantitative estimate of drug-likeness (QED) is 0.0451. The molecule has 1 fully saturated rings. The van der Waals surface area contributed by atoms with Gasteiger partial charge in [0.2, 0.25) is 0 Å². The number of carbonyl (C=O) groups is 2. The Morgan fingerprint density at radius 3 is 1.22 bits per heavy atom. The molecule has 0 amide bonds. The first kappa shape index (κ1) is 56.9. The minimum Gasteiger partial charge on any atom is -0.466 e. The Kier molecular flexibility index (Phi) is 42.2. The van der Waals surface area contributed by atoms with Gasteiger partial charge in [-0.05, 0) is 89.3 Å². The van der Waals surface area contributed by atoms with Gasteiger partial charge in [0.25, 0.3) is 0 Å². The van der Waals surface area contributed by atoms with E-state index in [2.05, 4.69) is 32.6 Å². The molecule has 0 radical (unpaired) electrons. The number of piperidine rings is 1. The predicted molar refractivity (Wildman–Crippen MR) is 261 cm³/mol. The fourth-order valence-corrected chi connectivity index (χ4v) is 9.71. The molecule has 1 rings (SSSR count). The van der Waals surface area contributed by atoms with Gasteiger partial charge >= 0.3 is 11.9 Å². The van der Waals surface area contributed by atoms with Crippen LogP contribution in [-0.2, 0) is 19.1 Å². The van der Waals surface area contributed by atoms with Gasteiger partial charge in [0.1, 0.15) is 6.10 Å². The average Bonchev–Trinajstić information content (AvgIpc) is 3.25. The van der Waals surface area contributed by atoms with E-state index in [0.717, 1.165) is 63.3 Å². The van der Waals surface area contributed by atoms with E-state index < -0.39 is 0 Å². The first-order valence-corrected chi connectivity index (χ1v) is 27.6. The Morgan fingerprint density at radius 1 is 0.400 bits per heavy atom. The van der Waals surface area contributed by atoms with Gasteiger partial charge in [0.05, 0.1) is 6.61 Å². The molecule has 60 heavy (non-hydrogen) atoms. The molecule has 0 aromatic carbocycles. The van der Waals surface area contributed by atoms with Crippen LogP contribution in [0.2, 0.25) is 0 Å². The van der Waals surface area contributed by atoms with Crippen LogP contribution in [0.15, 0.2) is 0 Å². The van der Waals surface area contributed by atoms with Gasteiger partial charge in [-0.3, -0.25) is 9.59 Å². The van der Waals surface area contributed by atoms with Gasteiger partial charge in [-0.25, -0.2) is 0 Å². The highest BCUT2D eigenvalue weighted by Crippen LogP contribution is 2.25. The molecule has 0 N–H and O–H groups in total. The van der Waals surface area contributed by atoms with Crippen molar-refractivity contribution in [1.29, 1.82) is 0 Å². The van der Waals surface area contributed by atoms with Crippen molar-refractivity contribution < 1.29 is 19.1 Å². The van der Waals surface area contributed by atoms with Crippen molar-refractivity contribution in [3.63, 3.8) is 0 Å². The minimum atomic E-state index is 0.00280. The van der Waals surface area contributed by atoms with E-state index in [1.54, 1.807) is 0 Å². The third-order valence-corrected chi connectivity index (χ3v) is 13.8. The number of nitrogens with zero attached hydrogens (tertiary/aromatic N) is 1. The van der Waals surface area contributed by atoms with Gasteiger partial charge in [0, 0.05) is 12.8 Å². The van der Waals surface area contributed by atoms with Crippen LogP contribution in [0.25, 0.3) is 0 Å². The molecule has 0 aromatic heterocycles. The number of rotatable bonds is 46. The zero-order chi connectivity index (χ0) is 43.4. The molecule has 5 nitrogen and oxygen atoms in total. The zero-order valence-electron chi connectivity index (χ0n) is 41.3. The monoisotopic (exact) mass is 846 g/mol. The Morgan fingerprint density at radius 2 is 0.767 bits per heavy atom. The lowest BCUT2D eigenvalue weighted by Crippen LogP contribution is -2.31. The molecular formula is C55H107NO4. The first-order chi connectivity index (χ1) is 29.5. The van der Waals surface area contributed by atoms with Crippen LogP contribution in [0.5, 0.6) is 0 Å². The number of hydrogen-bond donors (Lipinski definition) is 0. The molecule has 1 atom stereocenters. The normalized spacial score (nSPS) is 14.0. The lowest BCUT2D eigenvalue weighted by molar-refractivity contribution is -0.150. The van der Waals surface area contributed by atoms with Crippen molar-refractivity contribution >= 4 is 11.9 Å². The van der Waals surface area contributed by atoms with E-state index in [4.69, 9.17) is 9.47 Å². The number of unbranched alkanes of at least 4 members (excludes halogenated alkanes) is 22. The molecule has 1 heterocycles. The molecule has 0 saturated carbocycles. The second-order valence-electron chi connectivity index (χ2n) is 19.6. The van der Waals surface area contributed by atoms with Crippen LogP contribution in [0.1, 0.15) is 297 Å². The van der Waals surface area contributed by atoms with Crippen LogP contribution in [0.4, 0.5) is 0 Å². The predicted octanol–water partition coefficient (Wildman–Crippen LogP) is 17.5. The molecule has 1 saturated heterocycles. The number of esters is 2. The van der Waals surface area contributed by atoms with Crippen molar-refractivity contribution in [1.82, 2.24) is 4.90 Å². The molecule has 1 aliphatic rings. The second-order valence-corrected chi connectivity index (χ2v) is 19.6. The highest BCUT2D eigenvalue weighted by Gasteiger charge is 2.16. The first-order valence-electron chi connectivity index (χ1n) is 27.6. The fourth-order valence-electron chi connectivity index (χ4n) is 9.71. The van der Waals surface area contributed by atoms with Crippen LogP contribution >= 0.6 is 0 Å². The summed E-state index contributed by atoms with van der Waals surface area (Å²) >= 11 is 0. The lowest BCUT2D eigenvalue weighted by atomic mass is 9.90. The Hall–Kier alpha value is -1.10. The highest BCUT2D eigenvalue weighted by atomic mass is 16.5. The summed E-state index contributed by atoms with van der Waals surface area (Å²) in [7, 11) is 0. The third kappa shape index (κ3) is 37.5. The second kappa shape index (κ2) is 44.5. The van der Waals surface area contributed by atoms with Gasteiger partial charge in [0.15, 0.2) is 0 Å². The SMILES string of the molecule is CCCCCC(CCCCC)CCCCCCCCCCCC(CCCCCCCCCC(=O)OCCC(CCCCC)CCCCC)OC(=O)CCCN1CCCCC1. The van der Waals surface area contributed by atoms with Crippen molar-refractivity contribution in [2.24, 2.45) is 11.8 Å². The summed E-state index contributed by atoms with van der Waals surface area (Å²) in [5.74, 6) is 1.74. The zero-order valence-corrected chi connectivity index (χ0v) is 41.3. The number of ether oxygens (including phenoxy) is 2. The van der Waals surface area contributed by atoms with Crippen molar-refractivity contribution in [3.8, 4) is 0 Å². The fraction of sp³-hybridized carbons (Fsp3) is 0.964. The average molecular weight is 846 g/mol. The smallest absolute Gasteiger partial charge is 0.306 e. The topological polar surface area (TPSA) is 55.8 Å². The van der Waals surface area contributed by atoms with Crippen LogP contribution in [0.3, 0.4) is 0 Å². The Balaban J connectivity index is 2.25. The third-order valence-electron chi connectivity index (χ3n) is 13.8. The van der Waals surface area contributed by atoms with E-state index >= 15 is 0 Å². The van der Waals surface area contributed by atoms with Gasteiger partial charge in [-0.1, -0.05) is 227 Å². The standard InChI is InChI=1S/C55H107NO4/c1-5-9-26-37-51(38-27-10-6-2)41-30-21-17-14-13-15-18-22-31-42-53(60-55(58)45-36-49-56-47-34-25-35-48-56)43-32-23-19-16-20-24-33-44-54(57)59-50-46-52(39-28-11-7-3)40-29-12-8-4/h51-53H,5-50H2,1-4H3. The molecule has 0 aromatic rings. The molecule has 0 aliphatic carbocycles. The summed E-state index contributed by atoms with van der Waals surface area (Å²) in [5, 5.41) is 0. The summed E-state index contributed by atoms with van der Waals surface area (Å²) in [6.07, 6.45) is 52.7. The molecule has 1 unspecified atom stereocenters. The molecule has 0 spiro atoms. The summed E-state index contributed by atoms with van der Waals surface area (Å²) in [6.45, 7) is 13.2. The molecule has 5 heteroatoms. The number of likely N-dealkylation sites (tertiary alicyclic amines) is 1. The largest absolute Gasteiger partial charge is 0.466 e. The van der Waals surface area contributed by atoms with Gasteiger partial charge in [-0.15, -0.1) is 0 Å². The maximum Gasteiger partial charge on any atom is 0.306 e. The van der Waals surface area contributed by atoms with Crippen molar-refractivity contribution in [2.75, 3.05) is 26.2 Å². The van der Waals surface area contributed by atoms with E-state index in [9.17, 15) is 9.59 Å². The maximum absolute atomic E-state index is 12.9. The van der Waals surface area contributed by atoms with Gasteiger partial charge < -0.3 is 14.4 Å². The maximum atomic E-state index is 12.9.